The lowest BCUT2D eigenvalue weighted by Crippen LogP contribution is -2.26. The Balaban J connectivity index is 2.69. The number of nitrogens with one attached hydrogen (secondary N) is 1. The van der Waals surface area contributed by atoms with E-state index in [2.05, 4.69) is 30.8 Å². The van der Waals surface area contributed by atoms with Crippen LogP contribution >= 0.6 is 0 Å². The Morgan fingerprint density at radius 2 is 1.86 bits per heavy atom. The monoisotopic (exact) mass is 301 g/mol. The topological polar surface area (TPSA) is 30.5 Å². The maximum absolute atomic E-state index is 12.5. The van der Waals surface area contributed by atoms with Gasteiger partial charge in [0.2, 0.25) is 0 Å². The van der Waals surface area contributed by atoms with Crippen molar-refractivity contribution in [1.82, 2.24) is 5.32 Å². The fraction of sp³-hybridized carbons (Fsp3) is 0.625. The highest BCUT2D eigenvalue weighted by Crippen LogP contribution is 2.32. The maximum atomic E-state index is 12.5. The molecule has 0 saturated carbocycles. The van der Waals surface area contributed by atoms with E-state index in [4.69, 9.17) is 4.74 Å². The molecule has 0 spiro atoms. The van der Waals surface area contributed by atoms with Gasteiger partial charge in [-0.2, -0.15) is 8.78 Å². The van der Waals surface area contributed by atoms with Crippen LogP contribution in [0.15, 0.2) is 18.2 Å². The Hall–Kier alpha value is -1.36. The van der Waals surface area contributed by atoms with Crippen LogP contribution in [0.25, 0.3) is 0 Å². The van der Waals surface area contributed by atoms with Crippen LogP contribution < -0.4 is 14.8 Å². The number of alkyl halides is 2. The van der Waals surface area contributed by atoms with E-state index in [-0.39, 0.29) is 5.75 Å². The van der Waals surface area contributed by atoms with Crippen molar-refractivity contribution < 1.29 is 18.3 Å². The van der Waals surface area contributed by atoms with Crippen molar-refractivity contribution in [2.75, 3.05) is 7.11 Å². The number of halogens is 2. The zero-order valence-corrected chi connectivity index (χ0v) is 13.2. The number of hydrogen-bond donors (Lipinski definition) is 1. The molecule has 21 heavy (non-hydrogen) atoms. The molecule has 0 saturated heterocycles. The summed E-state index contributed by atoms with van der Waals surface area (Å²) < 4.78 is 34.7. The molecule has 0 aliphatic rings. The minimum Gasteiger partial charge on any atom is -0.493 e. The molecule has 1 aromatic carbocycles. The normalized spacial score (nSPS) is 12.8. The molecule has 1 atom stereocenters. The number of methoxy groups -OCH3 is 1. The quantitative estimate of drug-likeness (QED) is 0.741. The molecule has 0 radical (unpaired) electrons. The number of benzene rings is 1. The molecule has 3 nitrogen and oxygen atoms in total. The van der Waals surface area contributed by atoms with E-state index in [0.717, 1.165) is 12.8 Å². The van der Waals surface area contributed by atoms with Crippen LogP contribution in [0.2, 0.25) is 0 Å². The largest absolute Gasteiger partial charge is 0.493 e. The molecule has 1 N–H and O–H groups in total. The number of ether oxygens (including phenoxy) is 2. The van der Waals surface area contributed by atoms with Gasteiger partial charge in [0.1, 0.15) is 0 Å². The number of rotatable bonds is 9. The highest BCUT2D eigenvalue weighted by Gasteiger charge is 2.15. The van der Waals surface area contributed by atoms with Gasteiger partial charge in [-0.05, 0) is 31.7 Å². The van der Waals surface area contributed by atoms with E-state index >= 15 is 0 Å². The Kier molecular flexibility index (Phi) is 7.43. The summed E-state index contributed by atoms with van der Waals surface area (Å²) in [7, 11) is 1.44. The summed E-state index contributed by atoms with van der Waals surface area (Å²) in [5.41, 5.74) is 0.672. The van der Waals surface area contributed by atoms with Crippen molar-refractivity contribution in [2.24, 2.45) is 5.92 Å². The fourth-order valence-electron chi connectivity index (χ4n) is 2.05. The first-order valence-corrected chi connectivity index (χ1v) is 7.28. The Bertz CT molecular complexity index is 425. The zero-order chi connectivity index (χ0) is 15.8. The van der Waals surface area contributed by atoms with Crippen molar-refractivity contribution >= 4 is 0 Å². The molecule has 0 fully saturated rings. The molecule has 0 bridgehead atoms. The van der Waals surface area contributed by atoms with Gasteiger partial charge in [0.05, 0.1) is 7.11 Å². The van der Waals surface area contributed by atoms with Crippen LogP contribution in [0.1, 0.15) is 39.2 Å². The summed E-state index contributed by atoms with van der Waals surface area (Å²) in [6, 6.07) is 5.47. The summed E-state index contributed by atoms with van der Waals surface area (Å²) in [4.78, 5) is 0. The molecule has 0 heterocycles. The van der Waals surface area contributed by atoms with Crippen LogP contribution in [0, 0.1) is 5.92 Å². The fourth-order valence-corrected chi connectivity index (χ4v) is 2.05. The molecule has 1 rings (SSSR count). The molecular formula is C16H25F2NO2. The molecule has 0 aliphatic carbocycles. The lowest BCUT2D eigenvalue weighted by Gasteiger charge is -2.18. The van der Waals surface area contributed by atoms with Crippen molar-refractivity contribution in [3.63, 3.8) is 0 Å². The summed E-state index contributed by atoms with van der Waals surface area (Å²) >= 11 is 0. The van der Waals surface area contributed by atoms with E-state index in [1.54, 1.807) is 18.2 Å². The van der Waals surface area contributed by atoms with Crippen LogP contribution in [0.3, 0.4) is 0 Å². The van der Waals surface area contributed by atoms with Gasteiger partial charge in [0.25, 0.3) is 0 Å². The first-order valence-electron chi connectivity index (χ1n) is 7.28. The van der Waals surface area contributed by atoms with Gasteiger partial charge in [-0.1, -0.05) is 26.0 Å². The van der Waals surface area contributed by atoms with Crippen molar-refractivity contribution in [3.8, 4) is 11.5 Å². The van der Waals surface area contributed by atoms with E-state index in [1.165, 1.54) is 7.11 Å². The number of hydrogen-bond acceptors (Lipinski definition) is 3. The average molecular weight is 301 g/mol. The molecule has 5 heteroatoms. The van der Waals surface area contributed by atoms with Crippen molar-refractivity contribution in [1.29, 1.82) is 0 Å². The third-order valence-corrected chi connectivity index (χ3v) is 3.31. The van der Waals surface area contributed by atoms with Crippen LogP contribution in [-0.2, 0) is 6.54 Å². The lowest BCUT2D eigenvalue weighted by atomic mass is 10.0. The first-order chi connectivity index (χ1) is 9.93. The summed E-state index contributed by atoms with van der Waals surface area (Å²) in [6.07, 6.45) is 2.18. The number of para-hydroxylation sites is 1. The summed E-state index contributed by atoms with van der Waals surface area (Å²) in [5, 5.41) is 3.34. The third-order valence-electron chi connectivity index (χ3n) is 3.31. The van der Waals surface area contributed by atoms with E-state index in [0.29, 0.717) is 29.8 Å². The smallest absolute Gasteiger partial charge is 0.387 e. The van der Waals surface area contributed by atoms with E-state index < -0.39 is 6.61 Å². The van der Waals surface area contributed by atoms with E-state index in [1.807, 2.05) is 0 Å². The second-order valence-electron chi connectivity index (χ2n) is 5.58. The Labute approximate surface area is 125 Å². The van der Waals surface area contributed by atoms with Gasteiger partial charge >= 0.3 is 6.61 Å². The highest BCUT2D eigenvalue weighted by molar-refractivity contribution is 5.46. The second kappa shape index (κ2) is 8.82. The van der Waals surface area contributed by atoms with Crippen LogP contribution in [-0.4, -0.2) is 19.8 Å². The van der Waals surface area contributed by atoms with Gasteiger partial charge in [0.15, 0.2) is 11.5 Å². The van der Waals surface area contributed by atoms with E-state index in [9.17, 15) is 8.78 Å². The summed E-state index contributed by atoms with van der Waals surface area (Å²) in [5.74, 6) is 1.09. The standard InChI is InChI=1S/C16H25F2NO2/c1-11(2)8-9-12(3)19-10-13-6-5-7-14(20-4)15(13)21-16(17)18/h5-7,11-12,16,19H,8-10H2,1-4H3. The minimum absolute atomic E-state index is 0.110. The second-order valence-corrected chi connectivity index (χ2v) is 5.58. The molecule has 120 valence electrons. The SMILES string of the molecule is COc1cccc(CNC(C)CCC(C)C)c1OC(F)F. The Morgan fingerprint density at radius 1 is 1.14 bits per heavy atom. The van der Waals surface area contributed by atoms with Crippen molar-refractivity contribution in [2.45, 2.75) is 52.8 Å². The van der Waals surface area contributed by atoms with Gasteiger partial charge < -0.3 is 14.8 Å². The van der Waals surface area contributed by atoms with Gasteiger partial charge in [0, 0.05) is 18.2 Å². The van der Waals surface area contributed by atoms with Gasteiger partial charge in [-0.15, -0.1) is 0 Å². The molecule has 0 aliphatic heterocycles. The molecule has 1 unspecified atom stereocenters. The average Bonchev–Trinajstić information content (AvgIpc) is 2.43. The molecular weight excluding hydrogens is 276 g/mol. The molecule has 0 amide bonds. The highest BCUT2D eigenvalue weighted by atomic mass is 19.3. The van der Waals surface area contributed by atoms with Crippen molar-refractivity contribution in [3.05, 3.63) is 23.8 Å². The lowest BCUT2D eigenvalue weighted by molar-refractivity contribution is -0.0518. The predicted molar refractivity (Wildman–Crippen MR) is 80.0 cm³/mol. The third kappa shape index (κ3) is 6.29. The minimum atomic E-state index is -2.86. The Morgan fingerprint density at radius 3 is 2.43 bits per heavy atom. The maximum Gasteiger partial charge on any atom is 0.387 e. The van der Waals surface area contributed by atoms with Crippen LogP contribution in [0.5, 0.6) is 11.5 Å². The molecule has 0 aromatic heterocycles. The summed E-state index contributed by atoms with van der Waals surface area (Å²) in [6.45, 7) is 4.07. The molecule has 1 aromatic rings. The van der Waals surface area contributed by atoms with Gasteiger partial charge in [-0.25, -0.2) is 0 Å². The van der Waals surface area contributed by atoms with Gasteiger partial charge in [-0.3, -0.25) is 0 Å². The van der Waals surface area contributed by atoms with Crippen LogP contribution in [0.4, 0.5) is 8.78 Å². The predicted octanol–water partition coefficient (Wildman–Crippen LogP) is 4.21. The first kappa shape index (κ1) is 17.7. The zero-order valence-electron chi connectivity index (χ0n) is 13.2.